The molecular weight excluding hydrogens is 454 g/mol. The number of aliphatic hydroxyl groups is 1. The van der Waals surface area contributed by atoms with Crippen LogP contribution in [0.3, 0.4) is 0 Å². The van der Waals surface area contributed by atoms with Crippen molar-refractivity contribution < 1.29 is 9.84 Å². The molecule has 1 aromatic rings. The minimum absolute atomic E-state index is 0.182. The maximum absolute atomic E-state index is 9.10. The maximum Gasteiger partial charge on any atom is 0.138 e. The zero-order valence-corrected chi connectivity index (χ0v) is 22.9. The van der Waals surface area contributed by atoms with Crippen molar-refractivity contribution in [3.8, 4) is 0 Å². The van der Waals surface area contributed by atoms with Crippen LogP contribution in [0.2, 0.25) is 25.7 Å². The molecule has 35 heavy (non-hydrogen) atoms. The second-order valence-corrected chi connectivity index (χ2v) is 16.1. The van der Waals surface area contributed by atoms with Crippen molar-refractivity contribution in [2.24, 2.45) is 10.7 Å². The largest absolute Gasteiger partial charge is 0.396 e. The highest BCUT2D eigenvalue weighted by atomic mass is 28.3. The predicted octanol–water partition coefficient (Wildman–Crippen LogP) is 3.63. The Morgan fingerprint density at radius 2 is 1.89 bits per heavy atom. The Bertz CT molecular complexity index is 930. The summed E-state index contributed by atoms with van der Waals surface area (Å²) in [7, 11) is -1.11. The van der Waals surface area contributed by atoms with Crippen molar-refractivity contribution in [2.45, 2.75) is 44.7 Å². The smallest absolute Gasteiger partial charge is 0.138 e. The first-order valence-corrected chi connectivity index (χ1v) is 16.3. The van der Waals surface area contributed by atoms with Gasteiger partial charge < -0.3 is 30.3 Å². The molecule has 0 spiro atoms. The van der Waals surface area contributed by atoms with E-state index in [1.165, 1.54) is 5.69 Å². The number of nitrogens with two attached hydrogens (primary N) is 1. The van der Waals surface area contributed by atoms with E-state index in [-0.39, 0.29) is 6.61 Å². The summed E-state index contributed by atoms with van der Waals surface area (Å²) in [4.78, 5) is 11.3. The van der Waals surface area contributed by atoms with Crippen LogP contribution in [0.25, 0.3) is 0 Å². The van der Waals surface area contributed by atoms with Crippen molar-refractivity contribution in [2.75, 3.05) is 51.0 Å². The third kappa shape index (κ3) is 7.30. The Labute approximate surface area is 212 Å². The molecule has 2 aliphatic rings. The SMILES string of the molecule is C=C(N=C/C(=C\C)C1(N)C=CN1COCC[Si](C)(C)C)N1CCN(c2ccc(CCO)cc2)CC1. The second-order valence-electron chi connectivity index (χ2n) is 10.5. The maximum atomic E-state index is 9.10. The number of nitrogens with zero attached hydrogens (tertiary/aromatic N) is 4. The molecule has 1 aromatic carbocycles. The molecular formula is C27H43N5O2Si. The number of rotatable bonds is 12. The number of piperazine rings is 1. The average molecular weight is 498 g/mol. The van der Waals surface area contributed by atoms with Gasteiger partial charge in [-0.2, -0.15) is 0 Å². The van der Waals surface area contributed by atoms with E-state index in [4.69, 9.17) is 15.6 Å². The third-order valence-electron chi connectivity index (χ3n) is 6.68. The van der Waals surface area contributed by atoms with Gasteiger partial charge >= 0.3 is 0 Å². The zero-order valence-electron chi connectivity index (χ0n) is 21.9. The molecule has 0 amide bonds. The first-order valence-electron chi connectivity index (χ1n) is 12.6. The number of aliphatic imine (C=N–C) groups is 1. The van der Waals surface area contributed by atoms with E-state index >= 15 is 0 Å². The molecule has 1 saturated heterocycles. The molecule has 2 aliphatic heterocycles. The molecule has 0 aromatic heterocycles. The van der Waals surface area contributed by atoms with Gasteiger partial charge in [0.15, 0.2) is 0 Å². The van der Waals surface area contributed by atoms with Gasteiger partial charge in [0.05, 0.1) is 0 Å². The summed E-state index contributed by atoms with van der Waals surface area (Å²) in [6.07, 6.45) is 8.52. The first-order chi connectivity index (χ1) is 16.7. The Morgan fingerprint density at radius 1 is 1.20 bits per heavy atom. The normalized spacial score (nSPS) is 21.1. The van der Waals surface area contributed by atoms with Crippen LogP contribution in [0.1, 0.15) is 12.5 Å². The monoisotopic (exact) mass is 497 g/mol. The molecule has 8 heteroatoms. The minimum Gasteiger partial charge on any atom is -0.396 e. The fourth-order valence-corrected chi connectivity index (χ4v) is 4.91. The highest BCUT2D eigenvalue weighted by Crippen LogP contribution is 2.29. The van der Waals surface area contributed by atoms with Crippen molar-refractivity contribution in [1.82, 2.24) is 9.80 Å². The number of allylic oxidation sites excluding steroid dienone is 1. The van der Waals surface area contributed by atoms with Gasteiger partial charge in [-0.25, -0.2) is 4.99 Å². The van der Waals surface area contributed by atoms with Crippen molar-refractivity contribution in [3.63, 3.8) is 0 Å². The molecule has 0 radical (unpaired) electrons. The van der Waals surface area contributed by atoms with Gasteiger partial charge in [-0.3, -0.25) is 0 Å². The molecule has 0 saturated carbocycles. The Morgan fingerprint density at radius 3 is 2.43 bits per heavy atom. The molecule has 3 N–H and O–H groups in total. The molecule has 1 fully saturated rings. The summed E-state index contributed by atoms with van der Waals surface area (Å²) in [5.41, 5.74) is 9.30. The summed E-state index contributed by atoms with van der Waals surface area (Å²) in [5.74, 6) is 0.757. The van der Waals surface area contributed by atoms with E-state index in [9.17, 15) is 0 Å². The quantitative estimate of drug-likeness (QED) is 0.261. The Hall–Kier alpha value is -2.39. The fraction of sp³-hybridized carbons (Fsp3) is 0.519. The highest BCUT2D eigenvalue weighted by Gasteiger charge is 2.37. The number of aliphatic hydroxyl groups excluding tert-OH is 1. The molecule has 0 aliphatic carbocycles. The topological polar surface area (TPSA) is 77.6 Å². The molecule has 7 nitrogen and oxygen atoms in total. The van der Waals surface area contributed by atoms with E-state index in [1.54, 1.807) is 0 Å². The fourth-order valence-electron chi connectivity index (χ4n) is 4.15. The first kappa shape index (κ1) is 27.2. The molecule has 192 valence electrons. The van der Waals surface area contributed by atoms with E-state index in [1.807, 2.05) is 36.4 Å². The van der Waals surface area contributed by atoms with Crippen LogP contribution in [-0.2, 0) is 11.2 Å². The number of ether oxygens (including phenoxy) is 1. The number of hydrogen-bond acceptors (Lipinski definition) is 7. The van der Waals surface area contributed by atoms with Gasteiger partial charge in [0.1, 0.15) is 18.2 Å². The number of hydrogen-bond donors (Lipinski definition) is 2. The number of anilines is 1. The van der Waals surface area contributed by atoms with Gasteiger partial charge in [-0.1, -0.05) is 44.4 Å². The molecule has 0 bridgehead atoms. The lowest BCUT2D eigenvalue weighted by Gasteiger charge is -2.45. The Kier molecular flexibility index (Phi) is 9.35. The van der Waals surface area contributed by atoms with E-state index in [0.717, 1.165) is 55.8 Å². The van der Waals surface area contributed by atoms with Crippen molar-refractivity contribution in [1.29, 1.82) is 0 Å². The van der Waals surface area contributed by atoms with Crippen LogP contribution < -0.4 is 10.6 Å². The van der Waals surface area contributed by atoms with Gasteiger partial charge in [0.2, 0.25) is 0 Å². The highest BCUT2D eigenvalue weighted by molar-refractivity contribution is 6.76. The minimum atomic E-state index is -1.11. The third-order valence-corrected chi connectivity index (χ3v) is 8.39. The lowest BCUT2D eigenvalue weighted by atomic mass is 9.94. The van der Waals surface area contributed by atoms with Crippen LogP contribution in [0.15, 0.2) is 65.6 Å². The van der Waals surface area contributed by atoms with Gasteiger partial charge in [0, 0.05) is 71.1 Å². The molecule has 1 unspecified atom stereocenters. The summed E-state index contributed by atoms with van der Waals surface area (Å²) >= 11 is 0. The molecule has 1 atom stereocenters. The Balaban J connectivity index is 1.49. The lowest BCUT2D eigenvalue weighted by Crippen LogP contribution is -2.60. The summed E-state index contributed by atoms with van der Waals surface area (Å²) in [5, 5.41) is 9.10. The van der Waals surface area contributed by atoms with E-state index in [2.05, 4.69) is 65.3 Å². The molecule has 2 heterocycles. The predicted molar refractivity (Wildman–Crippen MR) is 149 cm³/mol. The van der Waals surface area contributed by atoms with Crippen molar-refractivity contribution in [3.05, 3.63) is 66.2 Å². The summed E-state index contributed by atoms with van der Waals surface area (Å²) in [6.45, 7) is 18.2. The van der Waals surface area contributed by atoms with Gasteiger partial charge in [0.25, 0.3) is 0 Å². The van der Waals surface area contributed by atoms with Crippen LogP contribution in [0.5, 0.6) is 0 Å². The lowest BCUT2D eigenvalue weighted by molar-refractivity contribution is 0.0155. The molecule has 3 rings (SSSR count). The average Bonchev–Trinajstić information content (AvgIpc) is 2.83. The standard InChI is InChI=1S/C27H43N5O2Si/c1-6-25(27(28)12-13-32(27)22-34-19-20-35(3,4)5)21-29-23(2)30-14-16-31(17-15-30)26-9-7-24(8-10-26)11-18-33/h6-10,12-13,21,33H,2,11,14-20,22,28H2,1,3-5H3/b25-6+,29-21?. The van der Waals surface area contributed by atoms with Crippen LogP contribution >= 0.6 is 0 Å². The van der Waals surface area contributed by atoms with Crippen LogP contribution in [0, 0.1) is 0 Å². The summed E-state index contributed by atoms with van der Waals surface area (Å²) in [6, 6.07) is 9.61. The van der Waals surface area contributed by atoms with Crippen LogP contribution in [-0.4, -0.2) is 81.0 Å². The second kappa shape index (κ2) is 12.0. The summed E-state index contributed by atoms with van der Waals surface area (Å²) < 4.78 is 5.91. The van der Waals surface area contributed by atoms with E-state index in [0.29, 0.717) is 13.2 Å². The van der Waals surface area contributed by atoms with Crippen molar-refractivity contribution >= 4 is 20.0 Å². The van der Waals surface area contributed by atoms with Gasteiger partial charge in [-0.15, -0.1) is 0 Å². The van der Waals surface area contributed by atoms with Crippen LogP contribution in [0.4, 0.5) is 5.69 Å². The van der Waals surface area contributed by atoms with Gasteiger partial charge in [-0.05, 0) is 43.2 Å². The number of benzene rings is 1. The van der Waals surface area contributed by atoms with E-state index < -0.39 is 13.7 Å². The zero-order chi connectivity index (χ0) is 25.5.